The molecule has 0 aliphatic heterocycles. The van der Waals surface area contributed by atoms with E-state index in [1.54, 1.807) is 24.5 Å². The molecule has 4 nitrogen and oxygen atoms in total. The summed E-state index contributed by atoms with van der Waals surface area (Å²) < 4.78 is 4.46. The quantitative estimate of drug-likeness (QED) is 0.600. The first-order valence-electron chi connectivity index (χ1n) is 3.07. The Labute approximate surface area is 62.9 Å². The average molecular weight is 146 g/mol. The normalized spacial score (nSPS) is 9.82. The Morgan fingerprint density at radius 3 is 2.73 bits per heavy atom. The number of pyridine rings is 1. The van der Waals surface area contributed by atoms with E-state index in [1.807, 2.05) is 0 Å². The molecule has 0 spiro atoms. The Morgan fingerprint density at radius 1 is 1.27 bits per heavy atom. The van der Waals surface area contributed by atoms with E-state index in [0.29, 0.717) is 5.82 Å². The Morgan fingerprint density at radius 2 is 2.09 bits per heavy atom. The van der Waals surface area contributed by atoms with Gasteiger partial charge in [0.25, 0.3) is 0 Å². The van der Waals surface area contributed by atoms with Crippen LogP contribution in [0.3, 0.4) is 0 Å². The molecule has 0 fully saturated rings. The fraction of sp³-hybridized carbons (Fsp3) is 0. The van der Waals surface area contributed by atoms with Crippen LogP contribution in [0.2, 0.25) is 0 Å². The van der Waals surface area contributed by atoms with Crippen LogP contribution < -0.4 is 0 Å². The van der Waals surface area contributed by atoms with Crippen LogP contribution >= 0.6 is 0 Å². The lowest BCUT2D eigenvalue weighted by Crippen LogP contribution is -1.79. The molecule has 53 valence electrons. The summed E-state index contributed by atoms with van der Waals surface area (Å²) in [5.74, 6) is 0.535. The van der Waals surface area contributed by atoms with Crippen molar-refractivity contribution < 1.29 is 4.52 Å². The summed E-state index contributed by atoms with van der Waals surface area (Å²) in [5, 5.41) is 3.62. The molecule has 0 saturated carbocycles. The first-order chi connectivity index (χ1) is 5.47. The molecular formula is C7H4N3O. The van der Waals surface area contributed by atoms with Crippen LogP contribution in [-0.4, -0.2) is 15.1 Å². The number of hydrogen-bond acceptors (Lipinski definition) is 4. The standard InChI is InChI=1S/C7H4N3O/c1-3-8-4-2-6(1)7-9-5-11-10-7/h1-4H. The molecule has 4 heteroatoms. The predicted octanol–water partition coefficient (Wildman–Crippen LogP) is 0.932. The molecular weight excluding hydrogens is 142 g/mol. The van der Waals surface area contributed by atoms with E-state index in [1.165, 1.54) is 0 Å². The van der Waals surface area contributed by atoms with Crippen molar-refractivity contribution in [3.8, 4) is 11.4 Å². The third-order valence-corrected chi connectivity index (χ3v) is 1.26. The lowest BCUT2D eigenvalue weighted by atomic mass is 10.3. The van der Waals surface area contributed by atoms with E-state index in [2.05, 4.69) is 26.0 Å². The van der Waals surface area contributed by atoms with Crippen molar-refractivity contribution in [2.24, 2.45) is 0 Å². The molecule has 0 bridgehead atoms. The lowest BCUT2D eigenvalue weighted by molar-refractivity contribution is 0.411. The van der Waals surface area contributed by atoms with Gasteiger partial charge in [0, 0.05) is 18.0 Å². The van der Waals surface area contributed by atoms with Crippen molar-refractivity contribution in [1.82, 2.24) is 15.1 Å². The number of nitrogens with zero attached hydrogens (tertiary/aromatic N) is 3. The number of hydrogen-bond donors (Lipinski definition) is 0. The molecule has 2 heterocycles. The highest BCUT2D eigenvalue weighted by Crippen LogP contribution is 2.10. The topological polar surface area (TPSA) is 51.8 Å². The summed E-state index contributed by atoms with van der Waals surface area (Å²) in [7, 11) is 0. The summed E-state index contributed by atoms with van der Waals surface area (Å²) in [5.41, 5.74) is 0.880. The predicted molar refractivity (Wildman–Crippen MR) is 36.4 cm³/mol. The van der Waals surface area contributed by atoms with Gasteiger partial charge in [-0.1, -0.05) is 5.16 Å². The minimum absolute atomic E-state index is 0.535. The van der Waals surface area contributed by atoms with Crippen LogP contribution in [0.25, 0.3) is 11.4 Å². The van der Waals surface area contributed by atoms with Gasteiger partial charge in [0.1, 0.15) is 0 Å². The van der Waals surface area contributed by atoms with Crippen LogP contribution in [0.15, 0.2) is 29.0 Å². The van der Waals surface area contributed by atoms with Gasteiger partial charge in [-0.25, -0.2) is 0 Å². The number of rotatable bonds is 1. The summed E-state index contributed by atoms with van der Waals surface area (Å²) >= 11 is 0. The smallest absolute Gasteiger partial charge is 0.316 e. The van der Waals surface area contributed by atoms with Gasteiger partial charge in [-0.2, -0.15) is 4.98 Å². The van der Waals surface area contributed by atoms with Crippen LogP contribution in [0, 0.1) is 6.39 Å². The fourth-order valence-corrected chi connectivity index (χ4v) is 0.766. The molecule has 11 heavy (non-hydrogen) atoms. The highest BCUT2D eigenvalue weighted by atomic mass is 16.5. The van der Waals surface area contributed by atoms with Crippen molar-refractivity contribution in [3.63, 3.8) is 0 Å². The average Bonchev–Trinajstić information content (AvgIpc) is 2.58. The van der Waals surface area contributed by atoms with Gasteiger partial charge in [0.15, 0.2) is 0 Å². The van der Waals surface area contributed by atoms with Crippen LogP contribution in [0.5, 0.6) is 0 Å². The Bertz CT molecular complexity index is 317. The van der Waals surface area contributed by atoms with E-state index in [-0.39, 0.29) is 0 Å². The molecule has 0 amide bonds. The van der Waals surface area contributed by atoms with Crippen LogP contribution in [-0.2, 0) is 0 Å². The van der Waals surface area contributed by atoms with E-state index in [4.69, 9.17) is 0 Å². The minimum Gasteiger partial charge on any atom is -0.328 e. The summed E-state index contributed by atoms with van der Waals surface area (Å²) in [4.78, 5) is 7.61. The van der Waals surface area contributed by atoms with Gasteiger partial charge >= 0.3 is 6.39 Å². The molecule has 2 aromatic heterocycles. The second kappa shape index (κ2) is 2.49. The van der Waals surface area contributed by atoms with Gasteiger partial charge in [-0.05, 0) is 12.1 Å². The first-order valence-corrected chi connectivity index (χ1v) is 3.07. The molecule has 0 N–H and O–H groups in total. The van der Waals surface area contributed by atoms with Gasteiger partial charge in [-0.15, -0.1) is 0 Å². The maximum Gasteiger partial charge on any atom is 0.316 e. The minimum atomic E-state index is 0.535. The zero-order chi connectivity index (χ0) is 7.52. The Hall–Kier alpha value is -1.71. The van der Waals surface area contributed by atoms with Gasteiger partial charge in [0.05, 0.1) is 0 Å². The second-order valence-electron chi connectivity index (χ2n) is 1.95. The molecule has 2 aromatic rings. The van der Waals surface area contributed by atoms with Crippen molar-refractivity contribution >= 4 is 0 Å². The SMILES string of the molecule is [c]1nc(-c2ccncc2)no1. The van der Waals surface area contributed by atoms with Crippen molar-refractivity contribution in [1.29, 1.82) is 0 Å². The Balaban J connectivity index is 2.46. The first kappa shape index (κ1) is 6.03. The Kier molecular flexibility index (Phi) is 1.37. The van der Waals surface area contributed by atoms with Gasteiger partial charge < -0.3 is 4.52 Å². The highest BCUT2D eigenvalue weighted by Gasteiger charge is 2.00. The maximum atomic E-state index is 4.46. The molecule has 0 aliphatic rings. The zero-order valence-electron chi connectivity index (χ0n) is 5.56. The van der Waals surface area contributed by atoms with Gasteiger partial charge in [0.2, 0.25) is 5.82 Å². The molecule has 0 unspecified atom stereocenters. The van der Waals surface area contributed by atoms with Crippen molar-refractivity contribution in [3.05, 3.63) is 30.9 Å². The molecule has 0 saturated heterocycles. The van der Waals surface area contributed by atoms with E-state index in [0.717, 1.165) is 5.56 Å². The largest absolute Gasteiger partial charge is 0.328 e. The zero-order valence-corrected chi connectivity index (χ0v) is 5.56. The van der Waals surface area contributed by atoms with Crippen LogP contribution in [0.4, 0.5) is 0 Å². The molecule has 0 atom stereocenters. The van der Waals surface area contributed by atoms with Crippen LogP contribution in [0.1, 0.15) is 0 Å². The molecule has 0 aliphatic carbocycles. The fourth-order valence-electron chi connectivity index (χ4n) is 0.766. The summed E-state index contributed by atoms with van der Waals surface area (Å²) in [6, 6.07) is 3.61. The van der Waals surface area contributed by atoms with E-state index in [9.17, 15) is 0 Å². The van der Waals surface area contributed by atoms with Gasteiger partial charge in [-0.3, -0.25) is 4.98 Å². The highest BCUT2D eigenvalue weighted by molar-refractivity contribution is 5.51. The molecule has 2 rings (SSSR count). The molecule has 1 radical (unpaired) electrons. The summed E-state index contributed by atoms with van der Waals surface area (Å²) in [6.45, 7) is 0. The third kappa shape index (κ3) is 1.10. The van der Waals surface area contributed by atoms with E-state index < -0.39 is 0 Å². The summed E-state index contributed by atoms with van der Waals surface area (Å²) in [6.07, 6.45) is 5.62. The van der Waals surface area contributed by atoms with Crippen molar-refractivity contribution in [2.75, 3.05) is 0 Å². The lowest BCUT2D eigenvalue weighted by Gasteiger charge is -1.88. The van der Waals surface area contributed by atoms with Crippen molar-refractivity contribution in [2.45, 2.75) is 0 Å². The third-order valence-electron chi connectivity index (χ3n) is 1.26. The van der Waals surface area contributed by atoms with E-state index >= 15 is 0 Å². The second-order valence-corrected chi connectivity index (χ2v) is 1.95. The molecule has 0 aromatic carbocycles. The monoisotopic (exact) mass is 146 g/mol. The maximum absolute atomic E-state index is 4.46. The number of aromatic nitrogens is 3.